The first-order valence-electron chi connectivity index (χ1n) is 5.15. The summed E-state index contributed by atoms with van der Waals surface area (Å²) >= 11 is 1.53. The van der Waals surface area contributed by atoms with Gasteiger partial charge in [-0.2, -0.15) is 4.98 Å². The van der Waals surface area contributed by atoms with E-state index in [2.05, 4.69) is 15.1 Å². The summed E-state index contributed by atoms with van der Waals surface area (Å²) in [6, 6.07) is 0. The Labute approximate surface area is 97.2 Å². The first-order valence-corrected chi connectivity index (χ1v) is 6.03. The summed E-state index contributed by atoms with van der Waals surface area (Å²) in [5.41, 5.74) is 0.671. The van der Waals surface area contributed by atoms with Gasteiger partial charge in [0.2, 0.25) is 5.82 Å². The minimum absolute atomic E-state index is 0.336. The maximum absolute atomic E-state index is 9.68. The summed E-state index contributed by atoms with van der Waals surface area (Å²) in [5, 5.41) is 16.2. The highest BCUT2D eigenvalue weighted by Crippen LogP contribution is 2.22. The van der Waals surface area contributed by atoms with Gasteiger partial charge in [-0.25, -0.2) is 4.98 Å². The number of aliphatic hydroxyl groups is 1. The van der Waals surface area contributed by atoms with Crippen LogP contribution in [0.1, 0.15) is 36.7 Å². The monoisotopic (exact) mass is 239 g/mol. The summed E-state index contributed by atoms with van der Waals surface area (Å²) in [4.78, 5) is 8.37. The van der Waals surface area contributed by atoms with E-state index in [9.17, 15) is 5.11 Å². The number of hydrogen-bond donors (Lipinski definition) is 1. The van der Waals surface area contributed by atoms with Crippen LogP contribution in [0, 0.1) is 6.92 Å². The number of aryl methyl sites for hydroxylation is 1. The summed E-state index contributed by atoms with van der Waals surface area (Å²) in [6.07, 6.45) is 0.859. The molecule has 1 atom stereocenters. The van der Waals surface area contributed by atoms with Gasteiger partial charge in [0.05, 0.1) is 5.01 Å². The van der Waals surface area contributed by atoms with Crippen molar-refractivity contribution in [3.05, 3.63) is 16.2 Å². The molecule has 0 aromatic carbocycles. The van der Waals surface area contributed by atoms with Gasteiger partial charge in [0.25, 0.3) is 5.89 Å². The maximum atomic E-state index is 9.68. The zero-order chi connectivity index (χ0) is 11.5. The molecule has 2 aromatic rings. The van der Waals surface area contributed by atoms with Crippen LogP contribution >= 0.6 is 11.3 Å². The average Bonchev–Trinajstić information content (AvgIpc) is 2.85. The van der Waals surface area contributed by atoms with Gasteiger partial charge >= 0.3 is 0 Å². The molecule has 1 unspecified atom stereocenters. The van der Waals surface area contributed by atoms with Crippen molar-refractivity contribution in [2.45, 2.75) is 32.8 Å². The van der Waals surface area contributed by atoms with Gasteiger partial charge in [0.15, 0.2) is 0 Å². The van der Waals surface area contributed by atoms with Crippen molar-refractivity contribution in [3.63, 3.8) is 0 Å². The number of rotatable bonds is 4. The fourth-order valence-corrected chi connectivity index (χ4v) is 1.93. The Bertz CT molecular complexity index is 466. The minimum Gasteiger partial charge on any atom is -0.385 e. The second-order valence-corrected chi connectivity index (χ2v) is 4.58. The Balaban J connectivity index is 2.19. The van der Waals surface area contributed by atoms with Crippen molar-refractivity contribution in [2.75, 3.05) is 0 Å². The molecule has 0 aliphatic rings. The summed E-state index contributed by atoms with van der Waals surface area (Å²) < 4.78 is 5.05. The Morgan fingerprint density at radius 3 is 2.94 bits per heavy atom. The number of hydrogen-bond acceptors (Lipinski definition) is 6. The van der Waals surface area contributed by atoms with Gasteiger partial charge in [-0.3, -0.25) is 0 Å². The van der Waals surface area contributed by atoms with Gasteiger partial charge in [-0.1, -0.05) is 18.5 Å². The first kappa shape index (κ1) is 11.2. The van der Waals surface area contributed by atoms with Crippen molar-refractivity contribution in [3.8, 4) is 11.6 Å². The Kier molecular flexibility index (Phi) is 3.31. The molecular weight excluding hydrogens is 226 g/mol. The van der Waals surface area contributed by atoms with Crippen molar-refractivity contribution >= 4 is 11.3 Å². The van der Waals surface area contributed by atoms with Gasteiger partial charge in [-0.05, 0) is 13.3 Å². The summed E-state index contributed by atoms with van der Waals surface area (Å²) in [5.74, 6) is 0.706. The van der Waals surface area contributed by atoms with Gasteiger partial charge in [0, 0.05) is 5.38 Å². The second kappa shape index (κ2) is 4.71. The van der Waals surface area contributed by atoms with E-state index in [-0.39, 0.29) is 0 Å². The molecule has 0 aliphatic heterocycles. The van der Waals surface area contributed by atoms with Crippen LogP contribution in [0.4, 0.5) is 0 Å². The second-order valence-electron chi connectivity index (χ2n) is 3.51. The van der Waals surface area contributed by atoms with E-state index in [1.54, 1.807) is 0 Å². The van der Waals surface area contributed by atoms with Crippen molar-refractivity contribution in [1.29, 1.82) is 0 Å². The molecule has 5 nitrogen and oxygen atoms in total. The van der Waals surface area contributed by atoms with Crippen LogP contribution in [0.15, 0.2) is 9.90 Å². The van der Waals surface area contributed by atoms with Crippen LogP contribution in [-0.2, 0) is 0 Å². The lowest BCUT2D eigenvalue weighted by molar-refractivity contribution is 0.153. The van der Waals surface area contributed by atoms with Gasteiger partial charge < -0.3 is 9.63 Å². The van der Waals surface area contributed by atoms with E-state index in [0.29, 0.717) is 23.8 Å². The van der Waals surface area contributed by atoms with Crippen molar-refractivity contribution < 1.29 is 9.63 Å². The van der Waals surface area contributed by atoms with Crippen molar-refractivity contribution in [1.82, 2.24) is 15.1 Å². The molecule has 0 spiro atoms. The average molecular weight is 239 g/mol. The van der Waals surface area contributed by atoms with E-state index in [4.69, 9.17) is 4.52 Å². The molecule has 86 valence electrons. The Hall–Kier alpha value is -1.27. The quantitative estimate of drug-likeness (QED) is 0.886. The summed E-state index contributed by atoms with van der Waals surface area (Å²) in [6.45, 7) is 3.91. The molecule has 2 rings (SSSR count). The van der Waals surface area contributed by atoms with Gasteiger partial charge in [-0.15, -0.1) is 11.3 Å². The fourth-order valence-electron chi connectivity index (χ4n) is 1.34. The predicted octanol–water partition coefficient (Wildman–Crippen LogP) is 2.34. The van der Waals surface area contributed by atoms with Gasteiger partial charge in [0.1, 0.15) is 11.8 Å². The number of thiazole rings is 1. The van der Waals surface area contributed by atoms with Crippen LogP contribution in [0.25, 0.3) is 11.6 Å². The molecule has 0 saturated heterocycles. The maximum Gasteiger partial charge on any atom is 0.277 e. The molecule has 6 heteroatoms. The standard InChI is InChI=1S/C10H13N3O2S/c1-3-4-8(14)9-12-10(15-13-9)7-5-16-6(2)11-7/h5,8,14H,3-4H2,1-2H3. The minimum atomic E-state index is -0.651. The molecule has 0 fully saturated rings. The molecule has 0 bridgehead atoms. The molecule has 2 aromatic heterocycles. The SMILES string of the molecule is CCCC(O)c1noc(-c2csc(C)n2)n1. The normalized spacial score (nSPS) is 12.9. The third kappa shape index (κ3) is 2.28. The summed E-state index contributed by atoms with van der Waals surface area (Å²) in [7, 11) is 0. The lowest BCUT2D eigenvalue weighted by Gasteiger charge is -2.00. The predicted molar refractivity (Wildman–Crippen MR) is 60.0 cm³/mol. The molecule has 16 heavy (non-hydrogen) atoms. The first-order chi connectivity index (χ1) is 7.70. The highest BCUT2D eigenvalue weighted by atomic mass is 32.1. The lowest BCUT2D eigenvalue weighted by atomic mass is 10.2. The van der Waals surface area contributed by atoms with E-state index in [0.717, 1.165) is 11.4 Å². The zero-order valence-electron chi connectivity index (χ0n) is 9.17. The number of aromatic nitrogens is 3. The molecule has 0 amide bonds. The van der Waals surface area contributed by atoms with Crippen molar-refractivity contribution in [2.24, 2.45) is 0 Å². The molecule has 0 saturated carbocycles. The number of aliphatic hydroxyl groups excluding tert-OH is 1. The smallest absolute Gasteiger partial charge is 0.277 e. The van der Waals surface area contributed by atoms with Crippen LogP contribution in [-0.4, -0.2) is 20.2 Å². The van der Waals surface area contributed by atoms with E-state index >= 15 is 0 Å². The largest absolute Gasteiger partial charge is 0.385 e. The third-order valence-electron chi connectivity index (χ3n) is 2.14. The molecule has 0 aliphatic carbocycles. The Morgan fingerprint density at radius 2 is 2.31 bits per heavy atom. The highest BCUT2D eigenvalue weighted by Gasteiger charge is 2.16. The van der Waals surface area contributed by atoms with Crippen LogP contribution in [0.2, 0.25) is 0 Å². The zero-order valence-corrected chi connectivity index (χ0v) is 9.99. The van der Waals surface area contributed by atoms with Crippen LogP contribution in [0.5, 0.6) is 0 Å². The van der Waals surface area contributed by atoms with E-state index in [1.165, 1.54) is 11.3 Å². The van der Waals surface area contributed by atoms with E-state index < -0.39 is 6.10 Å². The topological polar surface area (TPSA) is 72.0 Å². The number of nitrogens with zero attached hydrogens (tertiary/aromatic N) is 3. The highest BCUT2D eigenvalue weighted by molar-refractivity contribution is 7.09. The molecule has 0 radical (unpaired) electrons. The molecule has 1 N–H and O–H groups in total. The molecule has 2 heterocycles. The lowest BCUT2D eigenvalue weighted by Crippen LogP contribution is -1.98. The Morgan fingerprint density at radius 1 is 1.50 bits per heavy atom. The molecular formula is C10H13N3O2S. The fraction of sp³-hybridized carbons (Fsp3) is 0.500. The third-order valence-corrected chi connectivity index (χ3v) is 2.91. The van der Waals surface area contributed by atoms with Crippen LogP contribution < -0.4 is 0 Å². The van der Waals surface area contributed by atoms with Crippen LogP contribution in [0.3, 0.4) is 0 Å². The van der Waals surface area contributed by atoms with E-state index in [1.807, 2.05) is 19.2 Å².